The average Bonchev–Trinajstić information content (AvgIpc) is 2.72. The molecule has 0 saturated heterocycles. The molecule has 0 aliphatic carbocycles. The number of hydrogen-bond donors (Lipinski definition) is 4. The van der Waals surface area contributed by atoms with Crippen molar-refractivity contribution in [3.63, 3.8) is 0 Å². The molecule has 0 atom stereocenters. The summed E-state index contributed by atoms with van der Waals surface area (Å²) >= 11 is 0. The van der Waals surface area contributed by atoms with Gasteiger partial charge in [0.2, 0.25) is 5.91 Å². The van der Waals surface area contributed by atoms with Gasteiger partial charge in [-0.2, -0.15) is 0 Å². The summed E-state index contributed by atoms with van der Waals surface area (Å²) in [7, 11) is 0. The molecule has 0 bridgehead atoms. The van der Waals surface area contributed by atoms with Gasteiger partial charge in [0.05, 0.1) is 12.3 Å². The number of ether oxygens (including phenoxy) is 1. The maximum absolute atomic E-state index is 12.2. The van der Waals surface area contributed by atoms with Crippen molar-refractivity contribution >= 4 is 29.2 Å². The molecule has 0 aliphatic rings. The molecule has 0 fully saturated rings. The van der Waals surface area contributed by atoms with Crippen LogP contribution in [-0.2, 0) is 4.79 Å². The molecule has 0 spiro atoms. The van der Waals surface area contributed by atoms with Crippen molar-refractivity contribution in [1.82, 2.24) is 10.6 Å². The van der Waals surface area contributed by atoms with Gasteiger partial charge in [-0.05, 0) is 43.3 Å². The van der Waals surface area contributed by atoms with Crippen LogP contribution in [0, 0.1) is 5.41 Å². The molecule has 2 aromatic rings. The van der Waals surface area contributed by atoms with Gasteiger partial charge in [-0.25, -0.2) is 4.79 Å². The SMILES string of the molecule is CCOc1ccccc1NC(=O)NCCNC(=O)c1ccc(NC(=O)C(C)(C)C)cc1. The second-order valence-corrected chi connectivity index (χ2v) is 7.85. The lowest BCUT2D eigenvalue weighted by Crippen LogP contribution is -2.36. The number of nitrogens with one attached hydrogen (secondary N) is 4. The summed E-state index contributed by atoms with van der Waals surface area (Å²) < 4.78 is 5.47. The molecule has 8 heteroatoms. The largest absolute Gasteiger partial charge is 0.492 e. The minimum atomic E-state index is -0.500. The van der Waals surface area contributed by atoms with Crippen LogP contribution in [-0.4, -0.2) is 37.5 Å². The van der Waals surface area contributed by atoms with E-state index < -0.39 is 5.41 Å². The smallest absolute Gasteiger partial charge is 0.319 e. The Balaban J connectivity index is 1.75. The van der Waals surface area contributed by atoms with E-state index in [1.807, 2.05) is 33.8 Å². The highest BCUT2D eigenvalue weighted by atomic mass is 16.5. The van der Waals surface area contributed by atoms with Crippen LogP contribution in [0.15, 0.2) is 48.5 Å². The predicted octanol–water partition coefficient (Wildman–Crippen LogP) is 3.62. The topological polar surface area (TPSA) is 109 Å². The quantitative estimate of drug-likeness (QED) is 0.484. The van der Waals surface area contributed by atoms with Crippen LogP contribution >= 0.6 is 0 Å². The van der Waals surface area contributed by atoms with Crippen molar-refractivity contribution in [1.29, 1.82) is 0 Å². The van der Waals surface area contributed by atoms with Crippen molar-refractivity contribution in [2.45, 2.75) is 27.7 Å². The zero-order chi connectivity index (χ0) is 22.9. The standard InChI is InChI=1S/C23H30N4O4/c1-5-31-19-9-7-6-8-18(19)27-22(30)25-15-14-24-20(28)16-10-12-17(13-11-16)26-21(29)23(2,3)4/h6-13H,5,14-15H2,1-4H3,(H,24,28)(H,26,29)(H2,25,27,30). The number of rotatable bonds is 8. The summed E-state index contributed by atoms with van der Waals surface area (Å²) in [5, 5.41) is 11.0. The molecule has 2 aromatic carbocycles. The molecule has 0 heterocycles. The molecule has 0 saturated carbocycles. The second-order valence-electron chi connectivity index (χ2n) is 7.85. The molecule has 2 rings (SSSR count). The zero-order valence-electron chi connectivity index (χ0n) is 18.4. The van der Waals surface area contributed by atoms with Crippen LogP contribution in [0.2, 0.25) is 0 Å². The van der Waals surface area contributed by atoms with E-state index in [1.165, 1.54) is 0 Å². The van der Waals surface area contributed by atoms with E-state index in [0.29, 0.717) is 29.3 Å². The van der Waals surface area contributed by atoms with Crippen LogP contribution in [0.4, 0.5) is 16.2 Å². The molecule has 0 radical (unpaired) electrons. The van der Waals surface area contributed by atoms with Crippen molar-refractivity contribution in [3.8, 4) is 5.75 Å². The number of anilines is 2. The fourth-order valence-electron chi connectivity index (χ4n) is 2.50. The van der Waals surface area contributed by atoms with Gasteiger partial charge in [0.15, 0.2) is 0 Å². The number of carbonyl (C=O) groups excluding carboxylic acids is 3. The molecular weight excluding hydrogens is 396 g/mol. The van der Waals surface area contributed by atoms with Gasteiger partial charge in [-0.15, -0.1) is 0 Å². The first-order chi connectivity index (χ1) is 14.7. The highest BCUT2D eigenvalue weighted by Crippen LogP contribution is 2.23. The molecule has 8 nitrogen and oxygen atoms in total. The Bertz CT molecular complexity index is 905. The van der Waals surface area contributed by atoms with Gasteiger partial charge in [-0.3, -0.25) is 9.59 Å². The van der Waals surface area contributed by atoms with E-state index in [9.17, 15) is 14.4 Å². The second kappa shape index (κ2) is 11.0. The molecule has 31 heavy (non-hydrogen) atoms. The summed E-state index contributed by atoms with van der Waals surface area (Å²) in [6, 6.07) is 13.4. The number of urea groups is 1. The zero-order valence-corrected chi connectivity index (χ0v) is 18.4. The molecule has 4 N–H and O–H groups in total. The Hall–Kier alpha value is -3.55. The van der Waals surface area contributed by atoms with Crippen LogP contribution in [0.1, 0.15) is 38.1 Å². The number of benzene rings is 2. The van der Waals surface area contributed by atoms with Crippen molar-refractivity contribution in [2.24, 2.45) is 5.41 Å². The molecule has 0 unspecified atom stereocenters. The number of carbonyl (C=O) groups is 3. The van der Waals surface area contributed by atoms with Gasteiger partial charge in [0.1, 0.15) is 5.75 Å². The number of para-hydroxylation sites is 2. The highest BCUT2D eigenvalue weighted by Gasteiger charge is 2.21. The molecule has 166 valence electrons. The van der Waals surface area contributed by atoms with Crippen LogP contribution in [0.3, 0.4) is 0 Å². The maximum Gasteiger partial charge on any atom is 0.319 e. The molecular formula is C23H30N4O4. The average molecular weight is 427 g/mol. The summed E-state index contributed by atoms with van der Waals surface area (Å²) in [6.45, 7) is 8.38. The van der Waals surface area contributed by atoms with Gasteiger partial charge < -0.3 is 26.0 Å². The van der Waals surface area contributed by atoms with Crippen LogP contribution in [0.25, 0.3) is 0 Å². The van der Waals surface area contributed by atoms with Gasteiger partial charge in [0.25, 0.3) is 5.91 Å². The summed E-state index contributed by atoms with van der Waals surface area (Å²) in [5.74, 6) is 0.228. The van der Waals surface area contributed by atoms with Crippen molar-refractivity contribution in [2.75, 3.05) is 30.3 Å². The number of hydrogen-bond acceptors (Lipinski definition) is 4. The minimum Gasteiger partial charge on any atom is -0.492 e. The summed E-state index contributed by atoms with van der Waals surface area (Å²) in [6.07, 6.45) is 0. The van der Waals surface area contributed by atoms with Gasteiger partial charge in [-0.1, -0.05) is 32.9 Å². The monoisotopic (exact) mass is 426 g/mol. The van der Waals surface area contributed by atoms with Crippen LogP contribution < -0.4 is 26.0 Å². The van der Waals surface area contributed by atoms with E-state index in [1.54, 1.807) is 42.5 Å². The molecule has 4 amide bonds. The first-order valence-corrected chi connectivity index (χ1v) is 10.2. The lowest BCUT2D eigenvalue weighted by atomic mass is 9.95. The van der Waals surface area contributed by atoms with Crippen molar-refractivity contribution < 1.29 is 19.1 Å². The Labute approximate surface area is 182 Å². The Morgan fingerprint density at radius 3 is 2.16 bits per heavy atom. The first-order valence-electron chi connectivity index (χ1n) is 10.2. The van der Waals surface area contributed by atoms with Gasteiger partial charge >= 0.3 is 6.03 Å². The summed E-state index contributed by atoms with van der Waals surface area (Å²) in [4.78, 5) is 36.3. The predicted molar refractivity (Wildman–Crippen MR) is 121 cm³/mol. The van der Waals surface area contributed by atoms with Crippen molar-refractivity contribution in [3.05, 3.63) is 54.1 Å². The van der Waals surface area contributed by atoms with Crippen LogP contribution in [0.5, 0.6) is 5.75 Å². The lowest BCUT2D eigenvalue weighted by molar-refractivity contribution is -0.123. The Morgan fingerprint density at radius 2 is 1.52 bits per heavy atom. The fraction of sp³-hybridized carbons (Fsp3) is 0.348. The van der Waals surface area contributed by atoms with E-state index in [4.69, 9.17) is 4.74 Å². The normalized spacial score (nSPS) is 10.7. The number of amides is 4. The summed E-state index contributed by atoms with van der Waals surface area (Å²) in [5.41, 5.74) is 1.16. The van der Waals surface area contributed by atoms with E-state index in [2.05, 4.69) is 21.3 Å². The maximum atomic E-state index is 12.2. The van der Waals surface area contributed by atoms with E-state index >= 15 is 0 Å². The Morgan fingerprint density at radius 1 is 0.871 bits per heavy atom. The third-order valence-electron chi connectivity index (χ3n) is 4.22. The highest BCUT2D eigenvalue weighted by molar-refractivity contribution is 5.97. The van der Waals surface area contributed by atoms with Gasteiger partial charge in [0, 0.05) is 29.8 Å². The van der Waals surface area contributed by atoms with E-state index in [0.717, 1.165) is 0 Å². The third-order valence-corrected chi connectivity index (χ3v) is 4.22. The minimum absolute atomic E-state index is 0.0991. The lowest BCUT2D eigenvalue weighted by Gasteiger charge is -2.17. The molecule has 0 aliphatic heterocycles. The third kappa shape index (κ3) is 7.65. The Kier molecular flexibility index (Phi) is 8.43. The van der Waals surface area contributed by atoms with E-state index in [-0.39, 0.29) is 30.9 Å². The fourth-order valence-corrected chi connectivity index (χ4v) is 2.50. The molecule has 0 aromatic heterocycles. The first kappa shape index (κ1) is 23.7.